The lowest BCUT2D eigenvalue weighted by Crippen LogP contribution is -2.32. The number of hydrogen-bond acceptors (Lipinski definition) is 13. The largest absolute Gasteiger partial charge is 0.496 e. The van der Waals surface area contributed by atoms with Gasteiger partial charge >= 0.3 is 12.1 Å². The molecule has 0 bridgehead atoms. The zero-order valence-corrected chi connectivity index (χ0v) is 27.5. The van der Waals surface area contributed by atoms with E-state index in [0.29, 0.717) is 27.9 Å². The number of carbonyl (C=O) groups excluding carboxylic acids is 5. The van der Waals surface area contributed by atoms with E-state index in [-0.39, 0.29) is 62.4 Å². The average Bonchev–Trinajstić information content (AvgIpc) is 3.37. The third kappa shape index (κ3) is 10.8. The summed E-state index contributed by atoms with van der Waals surface area (Å²) in [5.74, 6) is -1.13. The summed E-state index contributed by atoms with van der Waals surface area (Å²) >= 11 is 0. The van der Waals surface area contributed by atoms with Gasteiger partial charge in [-0.2, -0.15) is 0 Å². The molecule has 1 aliphatic rings. The molecule has 1 heterocycles. The van der Waals surface area contributed by atoms with Gasteiger partial charge in [-0.05, 0) is 30.7 Å². The minimum absolute atomic E-state index is 0.0201. The van der Waals surface area contributed by atoms with Crippen LogP contribution in [0.4, 0.5) is 16.2 Å². The first-order chi connectivity index (χ1) is 22.9. The number of sulfonamides is 1. The Morgan fingerprint density at radius 2 is 1.52 bits per heavy atom. The monoisotopic (exact) mass is 692 g/mol. The van der Waals surface area contributed by atoms with Crippen LogP contribution < -0.4 is 34.3 Å². The summed E-state index contributed by atoms with van der Waals surface area (Å²) in [5.41, 5.74) is 0.551. The molecule has 0 aliphatic carbocycles. The minimum atomic E-state index is -4.06. The Morgan fingerprint density at radius 1 is 0.875 bits per heavy atom. The second-order valence-electron chi connectivity index (χ2n) is 9.82. The number of imide groups is 1. The molecule has 0 unspecified atom stereocenters. The Hall–Kier alpha value is -5.52. The molecule has 0 aromatic heterocycles. The van der Waals surface area contributed by atoms with Crippen LogP contribution in [0.5, 0.6) is 23.0 Å². The highest BCUT2D eigenvalue weighted by molar-refractivity contribution is 7.95. The van der Waals surface area contributed by atoms with Crippen molar-refractivity contribution in [3.63, 3.8) is 0 Å². The van der Waals surface area contributed by atoms with Crippen molar-refractivity contribution in [2.75, 3.05) is 51.6 Å². The van der Waals surface area contributed by atoms with E-state index in [4.69, 9.17) is 28.5 Å². The molecular formula is C30H36N4O13S. The van der Waals surface area contributed by atoms with Crippen molar-refractivity contribution in [1.29, 1.82) is 0 Å². The summed E-state index contributed by atoms with van der Waals surface area (Å²) in [7, 11) is 1.60. The predicted octanol–water partition coefficient (Wildman–Crippen LogP) is 2.58. The second kappa shape index (κ2) is 17.4. The number of benzene rings is 2. The van der Waals surface area contributed by atoms with Gasteiger partial charge in [0.05, 0.1) is 57.3 Å². The van der Waals surface area contributed by atoms with Gasteiger partial charge in [0.1, 0.15) is 29.6 Å². The number of hydrogen-bond donors (Lipinski definition) is 3. The Morgan fingerprint density at radius 3 is 2.12 bits per heavy atom. The van der Waals surface area contributed by atoms with Crippen LogP contribution >= 0.6 is 0 Å². The lowest BCUT2D eigenvalue weighted by atomic mass is 10.1. The van der Waals surface area contributed by atoms with E-state index >= 15 is 0 Å². The van der Waals surface area contributed by atoms with Crippen molar-refractivity contribution in [1.82, 2.24) is 10.4 Å². The molecule has 18 heteroatoms. The molecule has 0 saturated carbocycles. The summed E-state index contributed by atoms with van der Waals surface area (Å²) in [6, 6.07) is 7.33. The topological polar surface area (TPSA) is 214 Å². The molecule has 1 aliphatic heterocycles. The number of ether oxygens (including phenoxy) is 5. The number of rotatable bonds is 17. The van der Waals surface area contributed by atoms with E-state index in [2.05, 4.69) is 15.4 Å². The second-order valence-corrected chi connectivity index (χ2v) is 11.4. The van der Waals surface area contributed by atoms with E-state index in [9.17, 15) is 32.4 Å². The molecular weight excluding hydrogens is 656 g/mol. The fourth-order valence-corrected chi connectivity index (χ4v) is 5.03. The predicted molar refractivity (Wildman–Crippen MR) is 170 cm³/mol. The van der Waals surface area contributed by atoms with Gasteiger partial charge in [0.25, 0.3) is 21.8 Å². The molecule has 17 nitrogen and oxygen atoms in total. The van der Waals surface area contributed by atoms with E-state index < -0.39 is 39.8 Å². The first-order valence-corrected chi connectivity index (χ1v) is 15.9. The smallest absolute Gasteiger partial charge is 0.411 e. The number of methoxy groups -OCH3 is 4. The van der Waals surface area contributed by atoms with Crippen molar-refractivity contribution in [3.05, 3.63) is 41.3 Å². The Balaban J connectivity index is 1.48. The quantitative estimate of drug-likeness (QED) is 0.161. The fraction of sp³-hybridized carbons (Fsp3) is 0.367. The summed E-state index contributed by atoms with van der Waals surface area (Å²) in [6.45, 7) is -0.253. The zero-order valence-electron chi connectivity index (χ0n) is 26.7. The van der Waals surface area contributed by atoms with Crippen LogP contribution in [0.1, 0.15) is 37.7 Å². The summed E-state index contributed by atoms with van der Waals surface area (Å²) < 4.78 is 54.3. The number of anilines is 2. The molecule has 3 N–H and O–H groups in total. The molecule has 2 aromatic rings. The van der Waals surface area contributed by atoms with Crippen LogP contribution in [0.3, 0.4) is 0 Å². The van der Waals surface area contributed by atoms with E-state index in [1.807, 2.05) is 0 Å². The van der Waals surface area contributed by atoms with Crippen LogP contribution in [-0.4, -0.2) is 84.9 Å². The Kier molecular flexibility index (Phi) is 13.4. The van der Waals surface area contributed by atoms with Crippen molar-refractivity contribution in [3.8, 4) is 23.0 Å². The van der Waals surface area contributed by atoms with Gasteiger partial charge in [-0.3, -0.25) is 24.4 Å². The number of nitrogens with zero attached hydrogens (tertiary/aromatic N) is 1. The van der Waals surface area contributed by atoms with Gasteiger partial charge in [-0.15, -0.1) is 5.06 Å². The molecule has 0 radical (unpaired) electrons. The highest BCUT2D eigenvalue weighted by atomic mass is 32.2. The standard InChI is InChI=1S/C30H36N4O13S/c1-42-20-17-24(44-3)21(25(18-20)45-4)12-15-48(40,41)33-19-8-9-23(43-2)22(16-19)32-30(39)46-14-13-31-26(35)6-5-7-29(38)47-34-27(36)10-11-28(34)37/h8-9,12,15-18,33H,5-7,10-11,13-14H2,1-4H3,(H,31,35)(H,32,39)/b15-12+. The van der Waals surface area contributed by atoms with Crippen LogP contribution in [0.25, 0.3) is 6.08 Å². The average molecular weight is 693 g/mol. The maximum atomic E-state index is 12.9. The minimum Gasteiger partial charge on any atom is -0.496 e. The lowest BCUT2D eigenvalue weighted by molar-refractivity contribution is -0.197. The van der Waals surface area contributed by atoms with Crippen molar-refractivity contribution in [2.45, 2.75) is 32.1 Å². The Labute approximate surface area is 276 Å². The van der Waals surface area contributed by atoms with Crippen LogP contribution in [0.2, 0.25) is 0 Å². The fourth-order valence-electron chi connectivity index (χ4n) is 4.19. The number of amides is 4. The highest BCUT2D eigenvalue weighted by Gasteiger charge is 2.32. The third-order valence-electron chi connectivity index (χ3n) is 6.50. The number of carbonyl (C=O) groups is 5. The summed E-state index contributed by atoms with van der Waals surface area (Å²) in [4.78, 5) is 63.9. The molecule has 0 atom stereocenters. The maximum absolute atomic E-state index is 12.9. The van der Waals surface area contributed by atoms with Crippen molar-refractivity contribution >= 4 is 57.3 Å². The molecule has 2 aromatic carbocycles. The van der Waals surface area contributed by atoms with Crippen molar-refractivity contribution < 1.29 is 60.9 Å². The molecule has 260 valence electrons. The molecule has 4 amide bonds. The van der Waals surface area contributed by atoms with Crippen LogP contribution in [0.15, 0.2) is 35.7 Å². The maximum Gasteiger partial charge on any atom is 0.411 e. The first kappa shape index (κ1) is 36.9. The highest BCUT2D eigenvalue weighted by Crippen LogP contribution is 2.35. The van der Waals surface area contributed by atoms with Crippen molar-refractivity contribution in [2.24, 2.45) is 0 Å². The van der Waals surface area contributed by atoms with Gasteiger partial charge in [-0.1, -0.05) is 0 Å². The summed E-state index contributed by atoms with van der Waals surface area (Å²) in [6.07, 6.45) is 0.204. The van der Waals surface area contributed by atoms with E-state index in [1.54, 1.807) is 12.1 Å². The normalized spacial score (nSPS) is 12.8. The number of hydroxylamine groups is 2. The zero-order chi connectivity index (χ0) is 35.3. The Bertz CT molecular complexity index is 1620. The number of nitrogens with one attached hydrogen (secondary N) is 3. The van der Waals surface area contributed by atoms with Gasteiger partial charge in [0, 0.05) is 37.8 Å². The van der Waals surface area contributed by atoms with Gasteiger partial charge in [-0.25, -0.2) is 18.0 Å². The third-order valence-corrected chi connectivity index (χ3v) is 7.52. The first-order valence-electron chi connectivity index (χ1n) is 14.4. The van der Waals surface area contributed by atoms with E-state index in [1.165, 1.54) is 52.7 Å². The molecule has 1 fully saturated rings. The van der Waals surface area contributed by atoms with Gasteiger partial charge in [0.15, 0.2) is 0 Å². The van der Waals surface area contributed by atoms with Crippen LogP contribution in [0, 0.1) is 0 Å². The molecule has 3 rings (SSSR count). The molecule has 48 heavy (non-hydrogen) atoms. The van der Waals surface area contributed by atoms with Gasteiger partial charge < -0.3 is 33.8 Å². The SMILES string of the molecule is COc1cc(OC)c(/C=C/S(=O)(=O)Nc2ccc(OC)c(NC(=O)OCCNC(=O)CCCC(=O)ON3C(=O)CCC3=O)c2)c(OC)c1. The molecule has 0 spiro atoms. The summed E-state index contributed by atoms with van der Waals surface area (Å²) in [5, 5.41) is 6.34. The lowest BCUT2D eigenvalue weighted by Gasteiger charge is -2.14. The van der Waals surface area contributed by atoms with Crippen LogP contribution in [-0.2, 0) is 38.8 Å². The molecule has 1 saturated heterocycles. The van der Waals surface area contributed by atoms with Gasteiger partial charge in [0.2, 0.25) is 5.91 Å². The van der Waals surface area contributed by atoms with E-state index in [0.717, 1.165) is 5.41 Å².